The molecule has 1 heterocycles. The summed E-state index contributed by atoms with van der Waals surface area (Å²) in [5, 5.41) is 12.3. The second kappa shape index (κ2) is 8.86. The van der Waals surface area contributed by atoms with Gasteiger partial charge in [-0.25, -0.2) is 0 Å². The van der Waals surface area contributed by atoms with E-state index in [1.54, 1.807) is 0 Å². The summed E-state index contributed by atoms with van der Waals surface area (Å²) < 4.78 is 2.05. The molecule has 0 radical (unpaired) electrons. The van der Waals surface area contributed by atoms with E-state index in [0.29, 0.717) is 5.75 Å². The Bertz CT molecular complexity index is 935. The molecule has 0 saturated carbocycles. The van der Waals surface area contributed by atoms with Crippen molar-refractivity contribution in [1.29, 1.82) is 0 Å². The first-order valence-electron chi connectivity index (χ1n) is 9.12. The van der Waals surface area contributed by atoms with Gasteiger partial charge in [0.15, 0.2) is 11.0 Å². The monoisotopic (exact) mass is 380 g/mol. The van der Waals surface area contributed by atoms with Gasteiger partial charge >= 0.3 is 0 Å². The van der Waals surface area contributed by atoms with Crippen LogP contribution in [-0.4, -0.2) is 26.4 Å². The van der Waals surface area contributed by atoms with Gasteiger partial charge in [0.05, 0.1) is 5.75 Å². The Kier molecular flexibility index (Phi) is 6.29. The summed E-state index contributed by atoms with van der Waals surface area (Å²) in [5.41, 5.74) is 4.25. The van der Waals surface area contributed by atoms with Gasteiger partial charge in [-0.05, 0) is 44.0 Å². The number of aryl methyl sites for hydroxylation is 2. The number of hydrogen-bond donors (Lipinski definition) is 1. The maximum atomic E-state index is 12.3. The zero-order valence-corrected chi connectivity index (χ0v) is 16.7. The van der Waals surface area contributed by atoms with Crippen LogP contribution in [0, 0.1) is 6.92 Å². The second-order valence-electron chi connectivity index (χ2n) is 6.31. The van der Waals surface area contributed by atoms with E-state index in [2.05, 4.69) is 54.5 Å². The Balaban J connectivity index is 1.68. The van der Waals surface area contributed by atoms with Crippen LogP contribution < -0.4 is 5.32 Å². The van der Waals surface area contributed by atoms with Gasteiger partial charge in [-0.1, -0.05) is 54.6 Å². The molecule has 1 amide bonds. The van der Waals surface area contributed by atoms with Gasteiger partial charge in [0, 0.05) is 17.8 Å². The Morgan fingerprint density at radius 1 is 1.11 bits per heavy atom. The number of nitrogens with one attached hydrogen (secondary N) is 1. The topological polar surface area (TPSA) is 59.8 Å². The van der Waals surface area contributed by atoms with Crippen LogP contribution in [-0.2, 0) is 17.8 Å². The van der Waals surface area contributed by atoms with Crippen molar-refractivity contribution >= 4 is 23.4 Å². The minimum atomic E-state index is -0.0454. The number of hydrogen-bond acceptors (Lipinski definition) is 4. The van der Waals surface area contributed by atoms with Gasteiger partial charge in [-0.3, -0.25) is 4.79 Å². The normalized spacial score (nSPS) is 10.8. The Morgan fingerprint density at radius 2 is 1.93 bits per heavy atom. The quantitative estimate of drug-likeness (QED) is 0.610. The summed E-state index contributed by atoms with van der Waals surface area (Å²) in [4.78, 5) is 12.3. The number of amides is 1. The Morgan fingerprint density at radius 3 is 2.67 bits per heavy atom. The van der Waals surface area contributed by atoms with Gasteiger partial charge in [0.25, 0.3) is 0 Å². The zero-order valence-electron chi connectivity index (χ0n) is 15.9. The third-order valence-corrected chi connectivity index (χ3v) is 5.23. The third kappa shape index (κ3) is 4.77. The van der Waals surface area contributed by atoms with Crippen LogP contribution in [0.1, 0.15) is 25.0 Å². The Hall–Kier alpha value is -2.60. The van der Waals surface area contributed by atoms with Crippen LogP contribution >= 0.6 is 11.8 Å². The van der Waals surface area contributed by atoms with Crippen molar-refractivity contribution in [2.24, 2.45) is 0 Å². The first-order chi connectivity index (χ1) is 13.1. The summed E-state index contributed by atoms with van der Waals surface area (Å²) in [7, 11) is 0. The van der Waals surface area contributed by atoms with Crippen molar-refractivity contribution < 1.29 is 4.79 Å². The standard InChI is InChI=1S/C21H24N4OS/c1-4-16-9-7-11-18(13-16)22-19(26)14-27-21-24-23-20(25(21)5-2)17-10-6-8-15(3)12-17/h6-13H,4-5,14H2,1-3H3,(H,22,26). The molecule has 0 unspecified atom stereocenters. The van der Waals surface area contributed by atoms with Crippen LogP contribution in [0.5, 0.6) is 0 Å². The van der Waals surface area contributed by atoms with Crippen LogP contribution in [0.4, 0.5) is 5.69 Å². The van der Waals surface area contributed by atoms with Crippen molar-refractivity contribution in [2.45, 2.75) is 38.9 Å². The van der Waals surface area contributed by atoms with E-state index in [0.717, 1.165) is 35.2 Å². The van der Waals surface area contributed by atoms with Gasteiger partial charge in [0.2, 0.25) is 5.91 Å². The van der Waals surface area contributed by atoms with E-state index in [4.69, 9.17) is 0 Å². The molecular formula is C21H24N4OS. The lowest BCUT2D eigenvalue weighted by Crippen LogP contribution is -2.14. The first-order valence-corrected chi connectivity index (χ1v) is 10.1. The molecule has 1 N–H and O–H groups in total. The number of nitrogens with zero attached hydrogens (tertiary/aromatic N) is 3. The molecule has 0 bridgehead atoms. The minimum Gasteiger partial charge on any atom is -0.325 e. The summed E-state index contributed by atoms with van der Waals surface area (Å²) >= 11 is 1.41. The van der Waals surface area contributed by atoms with Crippen molar-refractivity contribution in [3.63, 3.8) is 0 Å². The van der Waals surface area contributed by atoms with E-state index >= 15 is 0 Å². The van der Waals surface area contributed by atoms with E-state index in [-0.39, 0.29) is 5.91 Å². The molecular weight excluding hydrogens is 356 g/mol. The summed E-state index contributed by atoms with van der Waals surface area (Å²) in [6.07, 6.45) is 0.944. The fourth-order valence-electron chi connectivity index (χ4n) is 2.87. The van der Waals surface area contributed by atoms with Gasteiger partial charge in [0.1, 0.15) is 0 Å². The second-order valence-corrected chi connectivity index (χ2v) is 7.25. The summed E-state index contributed by atoms with van der Waals surface area (Å²) in [6.45, 7) is 6.96. The van der Waals surface area contributed by atoms with E-state index in [1.165, 1.54) is 22.9 Å². The number of carbonyl (C=O) groups excluding carboxylic acids is 1. The van der Waals surface area contributed by atoms with Gasteiger partial charge in [-0.15, -0.1) is 10.2 Å². The smallest absolute Gasteiger partial charge is 0.234 e. The molecule has 140 valence electrons. The van der Waals surface area contributed by atoms with E-state index in [9.17, 15) is 4.79 Å². The molecule has 0 fully saturated rings. The average molecular weight is 381 g/mol. The highest BCUT2D eigenvalue weighted by Gasteiger charge is 2.14. The fourth-order valence-corrected chi connectivity index (χ4v) is 3.68. The van der Waals surface area contributed by atoms with Crippen molar-refractivity contribution in [1.82, 2.24) is 14.8 Å². The average Bonchev–Trinajstić information content (AvgIpc) is 3.09. The highest BCUT2D eigenvalue weighted by molar-refractivity contribution is 7.99. The maximum absolute atomic E-state index is 12.3. The number of thioether (sulfide) groups is 1. The minimum absolute atomic E-state index is 0.0454. The number of carbonyl (C=O) groups is 1. The largest absolute Gasteiger partial charge is 0.325 e. The number of benzene rings is 2. The molecule has 1 aromatic heterocycles. The van der Waals surface area contributed by atoms with Crippen LogP contribution in [0.25, 0.3) is 11.4 Å². The Labute approximate surface area is 164 Å². The van der Waals surface area contributed by atoms with E-state index < -0.39 is 0 Å². The molecule has 2 aromatic carbocycles. The predicted molar refractivity (Wildman–Crippen MR) is 111 cm³/mol. The fraction of sp³-hybridized carbons (Fsp3) is 0.286. The lowest BCUT2D eigenvalue weighted by atomic mass is 10.1. The van der Waals surface area contributed by atoms with Crippen molar-refractivity contribution in [2.75, 3.05) is 11.1 Å². The molecule has 0 aliphatic rings. The maximum Gasteiger partial charge on any atom is 0.234 e. The molecule has 0 spiro atoms. The van der Waals surface area contributed by atoms with Gasteiger partial charge < -0.3 is 9.88 Å². The molecule has 0 aliphatic heterocycles. The highest BCUT2D eigenvalue weighted by Crippen LogP contribution is 2.24. The van der Waals surface area contributed by atoms with Crippen molar-refractivity contribution in [3.8, 4) is 11.4 Å². The van der Waals surface area contributed by atoms with Crippen molar-refractivity contribution in [3.05, 3.63) is 59.7 Å². The molecule has 6 heteroatoms. The third-order valence-electron chi connectivity index (χ3n) is 4.26. The van der Waals surface area contributed by atoms with Crippen LogP contribution in [0.15, 0.2) is 53.7 Å². The molecule has 27 heavy (non-hydrogen) atoms. The van der Waals surface area contributed by atoms with E-state index in [1.807, 2.05) is 34.9 Å². The summed E-state index contributed by atoms with van der Waals surface area (Å²) in [5.74, 6) is 1.08. The van der Waals surface area contributed by atoms with Crippen LogP contribution in [0.2, 0.25) is 0 Å². The molecule has 0 saturated heterocycles. The number of aromatic nitrogens is 3. The molecule has 3 rings (SSSR count). The number of rotatable bonds is 7. The lowest BCUT2D eigenvalue weighted by molar-refractivity contribution is -0.113. The van der Waals surface area contributed by atoms with Crippen LogP contribution in [0.3, 0.4) is 0 Å². The molecule has 3 aromatic rings. The molecule has 5 nitrogen and oxygen atoms in total. The lowest BCUT2D eigenvalue weighted by Gasteiger charge is -2.09. The van der Waals surface area contributed by atoms with Gasteiger partial charge in [-0.2, -0.15) is 0 Å². The molecule has 0 aliphatic carbocycles. The zero-order chi connectivity index (χ0) is 19.2. The number of anilines is 1. The molecule has 0 atom stereocenters. The predicted octanol–water partition coefficient (Wildman–Crippen LogP) is 4.57. The summed E-state index contributed by atoms with van der Waals surface area (Å²) in [6, 6.07) is 16.1. The highest BCUT2D eigenvalue weighted by atomic mass is 32.2. The first kappa shape index (κ1) is 19.2. The SMILES string of the molecule is CCc1cccc(NC(=O)CSc2nnc(-c3cccc(C)c3)n2CC)c1.